The number of hydrogen-bond donors (Lipinski definition) is 0. The molecule has 0 unspecified atom stereocenters. The van der Waals surface area contributed by atoms with E-state index < -0.39 is 6.10 Å². The van der Waals surface area contributed by atoms with Crippen LogP contribution in [0.3, 0.4) is 0 Å². The molecule has 0 fully saturated rings. The Morgan fingerprint density at radius 2 is 0.532 bits per heavy atom. The number of carbonyl (C=O) groups excluding carboxylic acids is 3. The summed E-state index contributed by atoms with van der Waals surface area (Å²) in [5.74, 6) is 0.00584. The van der Waals surface area contributed by atoms with E-state index in [1.807, 2.05) is 0 Å². The van der Waals surface area contributed by atoms with E-state index in [1.54, 1.807) is 0 Å². The predicted octanol–water partition coefficient (Wildman–Crippen LogP) is 18.2. The van der Waals surface area contributed by atoms with Crippen LogP contribution in [0.5, 0.6) is 0 Å². The van der Waals surface area contributed by atoms with E-state index in [-0.39, 0.29) is 31.1 Å². The van der Waals surface area contributed by atoms with Crippen molar-refractivity contribution < 1.29 is 28.6 Å². The van der Waals surface area contributed by atoms with E-state index >= 15 is 0 Å². The molecule has 0 aromatic rings. The Morgan fingerprint density at radius 1 is 0.306 bits per heavy atom. The Bertz CT molecular complexity index is 933. The Morgan fingerprint density at radius 3 is 0.790 bits per heavy atom. The minimum absolute atomic E-state index is 0.0626. The summed E-state index contributed by atoms with van der Waals surface area (Å²) in [6, 6.07) is 0. The second-order valence-electron chi connectivity index (χ2n) is 19.7. The van der Waals surface area contributed by atoms with Gasteiger partial charge in [-0.2, -0.15) is 0 Å². The van der Waals surface area contributed by atoms with Gasteiger partial charge in [-0.05, 0) is 25.2 Å². The maximum absolute atomic E-state index is 12.8. The molecule has 0 amide bonds. The average Bonchev–Trinajstić information content (AvgIpc) is 3.26. The summed E-state index contributed by atoms with van der Waals surface area (Å²) in [5.41, 5.74) is 0. The zero-order chi connectivity index (χ0) is 45.2. The van der Waals surface area contributed by atoms with Crippen LogP contribution in [0, 0.1) is 5.92 Å². The standard InChI is InChI=1S/C56H108O6/c1-5-7-9-11-13-14-15-16-17-18-19-23-26-29-32-36-40-44-48-55(58)61-51-53(50-60-54(57)47-43-39-34-12-10-8-6-2)62-56(59)49-45-41-37-33-30-27-24-21-20-22-25-28-31-35-38-42-46-52(3)4/h52-53H,5-51H2,1-4H3/t53-/m0/s1. The first kappa shape index (κ1) is 60.4. The maximum atomic E-state index is 12.8. The van der Waals surface area contributed by atoms with Crippen molar-refractivity contribution in [1.82, 2.24) is 0 Å². The summed E-state index contributed by atoms with van der Waals surface area (Å²) in [5, 5.41) is 0. The summed E-state index contributed by atoms with van der Waals surface area (Å²) in [4.78, 5) is 37.9. The monoisotopic (exact) mass is 877 g/mol. The first-order chi connectivity index (χ1) is 30.4. The highest BCUT2D eigenvalue weighted by Crippen LogP contribution is 2.18. The van der Waals surface area contributed by atoms with Crippen LogP contribution in [-0.2, 0) is 28.6 Å². The van der Waals surface area contributed by atoms with Crippen LogP contribution in [0.15, 0.2) is 0 Å². The number of hydrogen-bond acceptors (Lipinski definition) is 6. The predicted molar refractivity (Wildman–Crippen MR) is 266 cm³/mol. The summed E-state index contributed by atoms with van der Waals surface area (Å²) >= 11 is 0. The van der Waals surface area contributed by atoms with Crippen LogP contribution >= 0.6 is 0 Å². The highest BCUT2D eigenvalue weighted by Gasteiger charge is 2.19. The van der Waals surface area contributed by atoms with Gasteiger partial charge < -0.3 is 14.2 Å². The molecule has 0 bridgehead atoms. The van der Waals surface area contributed by atoms with Gasteiger partial charge in [0.15, 0.2) is 6.10 Å². The molecule has 0 aliphatic carbocycles. The van der Waals surface area contributed by atoms with Crippen molar-refractivity contribution in [1.29, 1.82) is 0 Å². The fraction of sp³-hybridized carbons (Fsp3) is 0.946. The van der Waals surface area contributed by atoms with Gasteiger partial charge in [-0.25, -0.2) is 0 Å². The van der Waals surface area contributed by atoms with Gasteiger partial charge in [0.2, 0.25) is 0 Å². The van der Waals surface area contributed by atoms with Crippen LogP contribution < -0.4 is 0 Å². The fourth-order valence-corrected chi connectivity index (χ4v) is 8.57. The number of carbonyl (C=O) groups is 3. The highest BCUT2D eigenvalue weighted by atomic mass is 16.6. The third-order valence-corrected chi connectivity index (χ3v) is 12.8. The Labute approximate surface area is 387 Å². The molecular weight excluding hydrogens is 769 g/mol. The van der Waals surface area contributed by atoms with E-state index in [2.05, 4.69) is 27.7 Å². The largest absolute Gasteiger partial charge is 0.462 e. The van der Waals surface area contributed by atoms with Gasteiger partial charge in [0.25, 0.3) is 0 Å². The van der Waals surface area contributed by atoms with Gasteiger partial charge in [-0.3, -0.25) is 14.4 Å². The molecule has 0 aromatic heterocycles. The van der Waals surface area contributed by atoms with Crippen molar-refractivity contribution in [2.75, 3.05) is 13.2 Å². The van der Waals surface area contributed by atoms with E-state index in [1.165, 1.54) is 212 Å². The number of rotatable bonds is 51. The molecule has 1 atom stereocenters. The third-order valence-electron chi connectivity index (χ3n) is 12.8. The molecule has 0 N–H and O–H groups in total. The first-order valence-electron chi connectivity index (χ1n) is 27.9. The van der Waals surface area contributed by atoms with Crippen molar-refractivity contribution in [2.24, 2.45) is 5.92 Å². The van der Waals surface area contributed by atoms with Crippen LogP contribution in [-0.4, -0.2) is 37.2 Å². The second-order valence-corrected chi connectivity index (χ2v) is 19.7. The van der Waals surface area contributed by atoms with Gasteiger partial charge >= 0.3 is 17.9 Å². The molecule has 368 valence electrons. The van der Waals surface area contributed by atoms with Gasteiger partial charge in [0, 0.05) is 19.3 Å². The maximum Gasteiger partial charge on any atom is 0.306 e. The SMILES string of the molecule is CCCCCCCCCCCCCCCCCCCCC(=O)OC[C@H](COC(=O)CCCCCCCCC)OC(=O)CCCCCCCCCCCCCCCCCCC(C)C. The molecular formula is C56H108O6. The minimum Gasteiger partial charge on any atom is -0.462 e. The molecule has 0 saturated carbocycles. The smallest absolute Gasteiger partial charge is 0.306 e. The van der Waals surface area contributed by atoms with E-state index in [0.29, 0.717) is 19.3 Å². The lowest BCUT2D eigenvalue weighted by Crippen LogP contribution is -2.30. The molecule has 0 aromatic carbocycles. The lowest BCUT2D eigenvalue weighted by atomic mass is 10.0. The number of unbranched alkanes of at least 4 members (excludes halogenated alkanes) is 38. The topological polar surface area (TPSA) is 78.9 Å². The molecule has 0 rings (SSSR count). The lowest BCUT2D eigenvalue weighted by Gasteiger charge is -2.18. The summed E-state index contributed by atoms with van der Waals surface area (Å²) in [6.45, 7) is 9.02. The van der Waals surface area contributed by atoms with Crippen molar-refractivity contribution >= 4 is 17.9 Å². The Hall–Kier alpha value is -1.59. The normalized spacial score (nSPS) is 12.0. The minimum atomic E-state index is -0.760. The molecule has 6 heteroatoms. The van der Waals surface area contributed by atoms with Gasteiger partial charge in [-0.15, -0.1) is 0 Å². The van der Waals surface area contributed by atoms with Crippen molar-refractivity contribution in [3.8, 4) is 0 Å². The zero-order valence-corrected chi connectivity index (χ0v) is 42.3. The van der Waals surface area contributed by atoms with E-state index in [9.17, 15) is 14.4 Å². The third kappa shape index (κ3) is 49.4. The molecule has 62 heavy (non-hydrogen) atoms. The molecule has 0 aliphatic rings. The molecule has 0 heterocycles. The zero-order valence-electron chi connectivity index (χ0n) is 42.3. The molecule has 0 spiro atoms. The molecule has 0 aliphatic heterocycles. The molecule has 0 saturated heterocycles. The number of ether oxygens (including phenoxy) is 3. The van der Waals surface area contributed by atoms with Crippen LogP contribution in [0.4, 0.5) is 0 Å². The quantitative estimate of drug-likeness (QED) is 0.0344. The summed E-state index contributed by atoms with van der Waals surface area (Å²) in [6.07, 6.45) is 54.0. The van der Waals surface area contributed by atoms with Crippen molar-refractivity contribution in [2.45, 2.75) is 323 Å². The summed E-state index contributed by atoms with van der Waals surface area (Å²) < 4.78 is 16.8. The average molecular weight is 877 g/mol. The Balaban J connectivity index is 4.15. The fourth-order valence-electron chi connectivity index (χ4n) is 8.57. The molecule has 6 nitrogen and oxygen atoms in total. The molecule has 0 radical (unpaired) electrons. The van der Waals surface area contributed by atoms with E-state index in [4.69, 9.17) is 14.2 Å². The van der Waals surface area contributed by atoms with Crippen molar-refractivity contribution in [3.05, 3.63) is 0 Å². The van der Waals surface area contributed by atoms with E-state index in [0.717, 1.165) is 63.7 Å². The second kappa shape index (κ2) is 50.4. The first-order valence-corrected chi connectivity index (χ1v) is 27.9. The van der Waals surface area contributed by atoms with Crippen LogP contribution in [0.1, 0.15) is 317 Å². The highest BCUT2D eigenvalue weighted by molar-refractivity contribution is 5.71. The van der Waals surface area contributed by atoms with Gasteiger partial charge in [0.05, 0.1) is 0 Å². The number of esters is 3. The van der Waals surface area contributed by atoms with Gasteiger partial charge in [-0.1, -0.05) is 278 Å². The van der Waals surface area contributed by atoms with Gasteiger partial charge in [0.1, 0.15) is 13.2 Å². The summed E-state index contributed by atoms with van der Waals surface area (Å²) in [7, 11) is 0. The lowest BCUT2D eigenvalue weighted by molar-refractivity contribution is -0.167. The Kier molecular flexibility index (Phi) is 49.1. The van der Waals surface area contributed by atoms with Crippen LogP contribution in [0.25, 0.3) is 0 Å². The van der Waals surface area contributed by atoms with Crippen molar-refractivity contribution in [3.63, 3.8) is 0 Å². The van der Waals surface area contributed by atoms with Crippen LogP contribution in [0.2, 0.25) is 0 Å².